The van der Waals surface area contributed by atoms with Crippen LogP contribution >= 0.6 is 0 Å². The van der Waals surface area contributed by atoms with Crippen molar-refractivity contribution in [1.82, 2.24) is 9.21 Å². The minimum atomic E-state index is -3.74. The van der Waals surface area contributed by atoms with E-state index in [-0.39, 0.29) is 35.6 Å². The molecular weight excluding hydrogens is 452 g/mol. The minimum Gasteiger partial charge on any atom is -0.467 e. The molecule has 1 aromatic heterocycles. The summed E-state index contributed by atoms with van der Waals surface area (Å²) < 4.78 is 33.1. The number of hydrogen-bond acceptors (Lipinski definition) is 5. The van der Waals surface area contributed by atoms with E-state index in [1.807, 2.05) is 36.4 Å². The second-order valence-electron chi connectivity index (χ2n) is 8.52. The molecule has 0 spiro atoms. The smallest absolute Gasteiger partial charge is 0.243 e. The maximum Gasteiger partial charge on any atom is 0.243 e. The van der Waals surface area contributed by atoms with Gasteiger partial charge < -0.3 is 9.32 Å². The number of ketones is 1. The van der Waals surface area contributed by atoms with Crippen molar-refractivity contribution in [3.05, 3.63) is 89.9 Å². The first-order chi connectivity index (χ1) is 16.3. The van der Waals surface area contributed by atoms with Crippen molar-refractivity contribution in [3.63, 3.8) is 0 Å². The predicted octanol–water partition coefficient (Wildman–Crippen LogP) is 4.11. The number of benzene rings is 2. The summed E-state index contributed by atoms with van der Waals surface area (Å²) in [4.78, 5) is 27.0. The van der Waals surface area contributed by atoms with E-state index in [4.69, 9.17) is 4.42 Å². The van der Waals surface area contributed by atoms with Gasteiger partial charge in [0.25, 0.3) is 0 Å². The number of rotatable bonds is 8. The second kappa shape index (κ2) is 10.4. The van der Waals surface area contributed by atoms with Gasteiger partial charge in [0.2, 0.25) is 15.9 Å². The molecule has 0 saturated carbocycles. The third kappa shape index (κ3) is 5.46. The van der Waals surface area contributed by atoms with Gasteiger partial charge in [0.05, 0.1) is 17.7 Å². The number of amides is 1. The van der Waals surface area contributed by atoms with Crippen LogP contribution < -0.4 is 0 Å². The summed E-state index contributed by atoms with van der Waals surface area (Å²) >= 11 is 0. The molecule has 7 nitrogen and oxygen atoms in total. The summed E-state index contributed by atoms with van der Waals surface area (Å²) in [5, 5.41) is 0. The zero-order valence-electron chi connectivity index (χ0n) is 19.1. The summed E-state index contributed by atoms with van der Waals surface area (Å²) in [5.74, 6) is 0.246. The number of sulfonamides is 1. The van der Waals surface area contributed by atoms with Crippen LogP contribution in [-0.2, 0) is 27.9 Å². The maximum atomic E-state index is 13.5. The van der Waals surface area contributed by atoms with Crippen LogP contribution in [0.1, 0.15) is 41.4 Å². The second-order valence-corrected chi connectivity index (χ2v) is 10.5. The average Bonchev–Trinajstić information content (AvgIpc) is 3.37. The summed E-state index contributed by atoms with van der Waals surface area (Å²) in [5.41, 5.74) is 1.38. The monoisotopic (exact) mass is 480 g/mol. The van der Waals surface area contributed by atoms with E-state index in [0.717, 1.165) is 5.56 Å². The van der Waals surface area contributed by atoms with Crippen molar-refractivity contribution in [2.45, 2.75) is 37.8 Å². The van der Waals surface area contributed by atoms with Crippen LogP contribution in [0.5, 0.6) is 0 Å². The first kappa shape index (κ1) is 23.9. The van der Waals surface area contributed by atoms with Gasteiger partial charge in [-0.15, -0.1) is 0 Å². The van der Waals surface area contributed by atoms with E-state index in [1.165, 1.54) is 23.4 Å². The molecule has 1 aliphatic rings. The Hall–Kier alpha value is -3.23. The highest BCUT2D eigenvalue weighted by Crippen LogP contribution is 2.27. The molecule has 34 heavy (non-hydrogen) atoms. The normalized spacial score (nSPS) is 15.2. The zero-order valence-corrected chi connectivity index (χ0v) is 19.9. The molecule has 3 aromatic rings. The van der Waals surface area contributed by atoms with Gasteiger partial charge in [-0.2, -0.15) is 4.31 Å². The molecule has 0 aliphatic carbocycles. The molecule has 1 saturated heterocycles. The maximum absolute atomic E-state index is 13.5. The molecule has 4 rings (SSSR count). The molecule has 1 fully saturated rings. The Morgan fingerprint density at radius 1 is 0.971 bits per heavy atom. The van der Waals surface area contributed by atoms with Gasteiger partial charge in [0.15, 0.2) is 5.78 Å². The largest absolute Gasteiger partial charge is 0.467 e. The average molecular weight is 481 g/mol. The van der Waals surface area contributed by atoms with E-state index < -0.39 is 10.0 Å². The Labute approximate surface area is 200 Å². The topological polar surface area (TPSA) is 87.9 Å². The summed E-state index contributed by atoms with van der Waals surface area (Å²) in [6.07, 6.45) is 2.47. The summed E-state index contributed by atoms with van der Waals surface area (Å²) in [7, 11) is -3.74. The summed E-state index contributed by atoms with van der Waals surface area (Å²) in [6, 6.07) is 19.5. The molecule has 0 radical (unpaired) electrons. The molecule has 0 unspecified atom stereocenters. The first-order valence-corrected chi connectivity index (χ1v) is 12.7. The van der Waals surface area contributed by atoms with Crippen LogP contribution in [0.4, 0.5) is 0 Å². The van der Waals surface area contributed by atoms with Crippen molar-refractivity contribution in [2.75, 3.05) is 13.1 Å². The Morgan fingerprint density at radius 3 is 2.35 bits per heavy atom. The van der Waals surface area contributed by atoms with Crippen molar-refractivity contribution < 1.29 is 22.4 Å². The molecule has 8 heteroatoms. The van der Waals surface area contributed by atoms with Gasteiger partial charge in [-0.25, -0.2) is 8.42 Å². The fourth-order valence-electron chi connectivity index (χ4n) is 4.23. The lowest BCUT2D eigenvalue weighted by Gasteiger charge is -2.33. The SMILES string of the molecule is CC(=O)c1cccc(S(=O)(=O)N2CCC(C(=O)N(Cc3ccccc3)Cc3ccco3)CC2)c1. The van der Waals surface area contributed by atoms with E-state index in [0.29, 0.717) is 37.3 Å². The van der Waals surface area contributed by atoms with Crippen molar-refractivity contribution >= 4 is 21.7 Å². The van der Waals surface area contributed by atoms with Crippen LogP contribution in [0.25, 0.3) is 0 Å². The number of carbonyl (C=O) groups excluding carboxylic acids is 2. The van der Waals surface area contributed by atoms with E-state index in [1.54, 1.807) is 29.4 Å². The molecule has 2 heterocycles. The molecule has 0 atom stereocenters. The standard InChI is InChI=1S/C26H28N2O5S/c1-20(29)23-9-5-11-25(17-23)34(31,32)28-14-12-22(13-15-28)26(30)27(19-24-10-6-16-33-24)18-21-7-3-2-4-8-21/h2-11,16-17,22H,12-15,18-19H2,1H3. The quantitative estimate of drug-likeness (QED) is 0.453. The van der Waals surface area contributed by atoms with Crippen LogP contribution in [0.15, 0.2) is 82.3 Å². The lowest BCUT2D eigenvalue weighted by molar-refractivity contribution is -0.138. The Balaban J connectivity index is 1.45. The van der Waals surface area contributed by atoms with Gasteiger partial charge in [-0.1, -0.05) is 42.5 Å². The van der Waals surface area contributed by atoms with Crippen LogP contribution in [-0.4, -0.2) is 42.4 Å². The molecule has 0 bridgehead atoms. The highest BCUT2D eigenvalue weighted by atomic mass is 32.2. The summed E-state index contributed by atoms with van der Waals surface area (Å²) in [6.45, 7) is 2.73. The number of carbonyl (C=O) groups is 2. The lowest BCUT2D eigenvalue weighted by atomic mass is 9.96. The number of piperidine rings is 1. The van der Waals surface area contributed by atoms with Gasteiger partial charge >= 0.3 is 0 Å². The van der Waals surface area contributed by atoms with Gasteiger partial charge in [0, 0.05) is 31.1 Å². The number of hydrogen-bond donors (Lipinski definition) is 0. The van der Waals surface area contributed by atoms with Crippen molar-refractivity contribution in [1.29, 1.82) is 0 Å². The fourth-order valence-corrected chi connectivity index (χ4v) is 5.75. The number of nitrogens with zero attached hydrogens (tertiary/aromatic N) is 2. The molecule has 1 aliphatic heterocycles. The van der Waals surface area contributed by atoms with E-state index >= 15 is 0 Å². The van der Waals surface area contributed by atoms with Crippen LogP contribution in [0.2, 0.25) is 0 Å². The van der Waals surface area contributed by atoms with Gasteiger partial charge in [-0.3, -0.25) is 9.59 Å². The molecule has 0 N–H and O–H groups in total. The van der Waals surface area contributed by atoms with Gasteiger partial charge in [-0.05, 0) is 49.6 Å². The fraction of sp³-hybridized carbons (Fsp3) is 0.308. The van der Waals surface area contributed by atoms with Crippen molar-refractivity contribution in [2.24, 2.45) is 5.92 Å². The third-order valence-electron chi connectivity index (χ3n) is 6.14. The molecular formula is C26H28N2O5S. The minimum absolute atomic E-state index is 0.00382. The van der Waals surface area contributed by atoms with Gasteiger partial charge in [0.1, 0.15) is 5.76 Å². The first-order valence-electron chi connectivity index (χ1n) is 11.3. The van der Waals surface area contributed by atoms with Crippen LogP contribution in [0.3, 0.4) is 0 Å². The molecule has 1 amide bonds. The number of Topliss-reactive ketones (excluding diaryl/α,β-unsaturated/α-hetero) is 1. The molecule has 178 valence electrons. The highest BCUT2D eigenvalue weighted by Gasteiger charge is 2.34. The Kier molecular flexibility index (Phi) is 7.29. The third-order valence-corrected chi connectivity index (χ3v) is 8.03. The molecule has 2 aromatic carbocycles. The predicted molar refractivity (Wildman–Crippen MR) is 127 cm³/mol. The van der Waals surface area contributed by atoms with Crippen molar-refractivity contribution in [3.8, 4) is 0 Å². The van der Waals surface area contributed by atoms with E-state index in [2.05, 4.69) is 0 Å². The van der Waals surface area contributed by atoms with Crippen LogP contribution in [0, 0.1) is 5.92 Å². The Morgan fingerprint density at radius 2 is 1.71 bits per heavy atom. The lowest BCUT2D eigenvalue weighted by Crippen LogP contribution is -2.44. The zero-order chi connectivity index (χ0) is 24.1. The Bertz CT molecular complexity index is 1230. The number of furan rings is 1. The van der Waals surface area contributed by atoms with E-state index in [9.17, 15) is 18.0 Å². The highest BCUT2D eigenvalue weighted by molar-refractivity contribution is 7.89.